The van der Waals surface area contributed by atoms with Crippen molar-refractivity contribution in [3.63, 3.8) is 0 Å². The second-order valence-corrected chi connectivity index (χ2v) is 5.31. The van der Waals surface area contributed by atoms with Crippen LogP contribution in [0.4, 0.5) is 0 Å². The molecule has 0 N–H and O–H groups in total. The molecule has 1 aliphatic carbocycles. The van der Waals surface area contributed by atoms with Crippen molar-refractivity contribution in [3.8, 4) is 17.4 Å². The predicted molar refractivity (Wildman–Crippen MR) is 76.8 cm³/mol. The summed E-state index contributed by atoms with van der Waals surface area (Å²) < 4.78 is 11.1. The largest absolute Gasteiger partial charge is 0.493 e. The van der Waals surface area contributed by atoms with Crippen LogP contribution < -0.4 is 9.47 Å². The monoisotopic (exact) mass is 290 g/mol. The standard InChI is InChI=1S/C15H15ClN2O2/c1-9-3-6-11(12(7-9)19-2)20-14-8-13(16)17-15(18-14)10-4-5-10/h3,6-8,10H,4-5H2,1-2H3. The van der Waals surface area contributed by atoms with E-state index in [9.17, 15) is 0 Å². The van der Waals surface area contributed by atoms with Gasteiger partial charge >= 0.3 is 0 Å². The van der Waals surface area contributed by atoms with Gasteiger partial charge in [0, 0.05) is 12.0 Å². The number of ether oxygens (including phenoxy) is 2. The van der Waals surface area contributed by atoms with Crippen LogP contribution in [0, 0.1) is 6.92 Å². The van der Waals surface area contributed by atoms with Gasteiger partial charge in [0.25, 0.3) is 0 Å². The fourth-order valence-corrected chi connectivity index (χ4v) is 2.14. The molecule has 1 saturated carbocycles. The molecule has 0 radical (unpaired) electrons. The zero-order chi connectivity index (χ0) is 14.1. The highest BCUT2D eigenvalue weighted by molar-refractivity contribution is 6.29. The summed E-state index contributed by atoms with van der Waals surface area (Å²) in [5.41, 5.74) is 1.11. The van der Waals surface area contributed by atoms with Crippen LogP contribution in [0.1, 0.15) is 30.1 Å². The normalized spacial score (nSPS) is 14.2. The molecule has 4 nitrogen and oxygen atoms in total. The SMILES string of the molecule is COc1cc(C)ccc1Oc1cc(Cl)nc(C2CC2)n1. The van der Waals surface area contributed by atoms with Gasteiger partial charge in [-0.25, -0.2) is 4.98 Å². The lowest BCUT2D eigenvalue weighted by atomic mass is 10.2. The second-order valence-electron chi connectivity index (χ2n) is 4.92. The van der Waals surface area contributed by atoms with Crippen LogP contribution in [0.3, 0.4) is 0 Å². The maximum atomic E-state index is 6.02. The Bertz CT molecular complexity index is 642. The third-order valence-electron chi connectivity index (χ3n) is 3.16. The minimum Gasteiger partial charge on any atom is -0.493 e. The molecule has 0 bridgehead atoms. The summed E-state index contributed by atoms with van der Waals surface area (Å²) in [4.78, 5) is 8.65. The lowest BCUT2D eigenvalue weighted by molar-refractivity contribution is 0.373. The van der Waals surface area contributed by atoms with Gasteiger partial charge in [-0.1, -0.05) is 17.7 Å². The van der Waals surface area contributed by atoms with E-state index in [1.807, 2.05) is 25.1 Å². The Hall–Kier alpha value is -1.81. The molecule has 1 aromatic heterocycles. The summed E-state index contributed by atoms with van der Waals surface area (Å²) >= 11 is 6.02. The molecule has 0 unspecified atom stereocenters. The summed E-state index contributed by atoms with van der Waals surface area (Å²) in [5.74, 6) is 2.94. The first-order valence-corrected chi connectivity index (χ1v) is 6.90. The predicted octanol–water partition coefficient (Wildman–Crippen LogP) is 4.12. The molecule has 104 valence electrons. The summed E-state index contributed by atoms with van der Waals surface area (Å²) in [6.07, 6.45) is 2.24. The van der Waals surface area contributed by atoms with Crippen molar-refractivity contribution >= 4 is 11.6 Å². The Labute approximate surface area is 122 Å². The third kappa shape index (κ3) is 2.85. The van der Waals surface area contributed by atoms with E-state index in [1.165, 1.54) is 0 Å². The van der Waals surface area contributed by atoms with Crippen LogP contribution in [-0.2, 0) is 0 Å². The van der Waals surface area contributed by atoms with Crippen molar-refractivity contribution in [2.45, 2.75) is 25.7 Å². The fourth-order valence-electron chi connectivity index (χ4n) is 1.96. The van der Waals surface area contributed by atoms with Crippen LogP contribution in [0.25, 0.3) is 0 Å². The van der Waals surface area contributed by atoms with Crippen LogP contribution >= 0.6 is 11.6 Å². The summed E-state index contributed by atoms with van der Waals surface area (Å²) in [5, 5.41) is 0.406. The summed E-state index contributed by atoms with van der Waals surface area (Å²) in [7, 11) is 1.62. The molecule has 1 aromatic carbocycles. The molecular weight excluding hydrogens is 276 g/mol. The number of rotatable bonds is 4. The molecular formula is C15H15ClN2O2. The number of hydrogen-bond acceptors (Lipinski definition) is 4. The average molecular weight is 291 g/mol. The molecule has 5 heteroatoms. The second kappa shape index (κ2) is 5.29. The molecule has 1 heterocycles. The highest BCUT2D eigenvalue weighted by Gasteiger charge is 2.27. The fraction of sp³-hybridized carbons (Fsp3) is 0.333. The quantitative estimate of drug-likeness (QED) is 0.795. The Balaban J connectivity index is 1.90. The van der Waals surface area contributed by atoms with Gasteiger partial charge in [0.15, 0.2) is 11.5 Å². The lowest BCUT2D eigenvalue weighted by Gasteiger charge is -2.11. The summed E-state index contributed by atoms with van der Waals surface area (Å²) in [6, 6.07) is 7.36. The van der Waals surface area contributed by atoms with Gasteiger partial charge in [0.05, 0.1) is 7.11 Å². The number of methoxy groups -OCH3 is 1. The van der Waals surface area contributed by atoms with Gasteiger partial charge in [-0.2, -0.15) is 4.98 Å². The molecule has 0 atom stereocenters. The van der Waals surface area contributed by atoms with E-state index in [2.05, 4.69) is 9.97 Å². The van der Waals surface area contributed by atoms with Crippen molar-refractivity contribution < 1.29 is 9.47 Å². The smallest absolute Gasteiger partial charge is 0.224 e. The number of benzene rings is 1. The van der Waals surface area contributed by atoms with E-state index in [-0.39, 0.29) is 0 Å². The van der Waals surface area contributed by atoms with Crippen molar-refractivity contribution in [3.05, 3.63) is 40.8 Å². The van der Waals surface area contributed by atoms with Crippen molar-refractivity contribution in [1.29, 1.82) is 0 Å². The minimum atomic E-state index is 0.406. The number of halogens is 1. The van der Waals surface area contributed by atoms with Gasteiger partial charge in [0.1, 0.15) is 11.0 Å². The first-order valence-electron chi connectivity index (χ1n) is 6.52. The van der Waals surface area contributed by atoms with E-state index in [4.69, 9.17) is 21.1 Å². The molecule has 2 aromatic rings. The van der Waals surface area contributed by atoms with Crippen molar-refractivity contribution in [2.24, 2.45) is 0 Å². The Morgan fingerprint density at radius 2 is 1.95 bits per heavy atom. The van der Waals surface area contributed by atoms with Crippen LogP contribution in [0.2, 0.25) is 5.15 Å². The highest BCUT2D eigenvalue weighted by atomic mass is 35.5. The number of aryl methyl sites for hydroxylation is 1. The zero-order valence-corrected chi connectivity index (χ0v) is 12.1. The van der Waals surface area contributed by atoms with E-state index >= 15 is 0 Å². The third-order valence-corrected chi connectivity index (χ3v) is 3.36. The van der Waals surface area contributed by atoms with Crippen LogP contribution in [0.15, 0.2) is 24.3 Å². The number of hydrogen-bond donors (Lipinski definition) is 0. The van der Waals surface area contributed by atoms with Gasteiger partial charge < -0.3 is 9.47 Å². The van der Waals surface area contributed by atoms with E-state index in [0.29, 0.717) is 28.5 Å². The number of aromatic nitrogens is 2. The van der Waals surface area contributed by atoms with Crippen LogP contribution in [0.5, 0.6) is 17.4 Å². The lowest BCUT2D eigenvalue weighted by Crippen LogP contribution is -1.97. The Morgan fingerprint density at radius 1 is 1.15 bits per heavy atom. The van der Waals surface area contributed by atoms with E-state index < -0.39 is 0 Å². The Morgan fingerprint density at radius 3 is 2.65 bits per heavy atom. The van der Waals surface area contributed by atoms with E-state index in [0.717, 1.165) is 24.2 Å². The molecule has 0 amide bonds. The zero-order valence-electron chi connectivity index (χ0n) is 11.4. The van der Waals surface area contributed by atoms with Gasteiger partial charge in [0.2, 0.25) is 5.88 Å². The molecule has 1 aliphatic rings. The van der Waals surface area contributed by atoms with Gasteiger partial charge in [-0.3, -0.25) is 0 Å². The topological polar surface area (TPSA) is 44.2 Å². The molecule has 3 rings (SSSR count). The number of nitrogens with zero attached hydrogens (tertiary/aromatic N) is 2. The van der Waals surface area contributed by atoms with Gasteiger partial charge in [-0.05, 0) is 37.5 Å². The first kappa shape index (κ1) is 13.2. The molecule has 20 heavy (non-hydrogen) atoms. The average Bonchev–Trinajstić information content (AvgIpc) is 3.24. The first-order chi connectivity index (χ1) is 9.65. The van der Waals surface area contributed by atoms with Crippen molar-refractivity contribution in [2.75, 3.05) is 7.11 Å². The maximum absolute atomic E-state index is 6.02. The minimum absolute atomic E-state index is 0.406. The van der Waals surface area contributed by atoms with Gasteiger partial charge in [-0.15, -0.1) is 0 Å². The molecule has 1 fully saturated rings. The molecule has 0 spiro atoms. The van der Waals surface area contributed by atoms with Crippen LogP contribution in [-0.4, -0.2) is 17.1 Å². The molecule has 0 aliphatic heterocycles. The maximum Gasteiger partial charge on any atom is 0.224 e. The molecule has 0 saturated heterocycles. The Kier molecular flexibility index (Phi) is 3.49. The summed E-state index contributed by atoms with van der Waals surface area (Å²) in [6.45, 7) is 2.00. The van der Waals surface area contributed by atoms with E-state index in [1.54, 1.807) is 13.2 Å². The highest BCUT2D eigenvalue weighted by Crippen LogP contribution is 2.40. The van der Waals surface area contributed by atoms with Crippen molar-refractivity contribution in [1.82, 2.24) is 9.97 Å².